The van der Waals surface area contributed by atoms with Gasteiger partial charge in [0.1, 0.15) is 17.7 Å². The number of ether oxygens (including phenoxy) is 2. The van der Waals surface area contributed by atoms with Crippen molar-refractivity contribution in [3.63, 3.8) is 0 Å². The van der Waals surface area contributed by atoms with Gasteiger partial charge in [0.15, 0.2) is 0 Å². The van der Waals surface area contributed by atoms with Crippen LogP contribution in [-0.4, -0.2) is 67.2 Å². The zero-order valence-electron chi connectivity index (χ0n) is 20.0. The van der Waals surface area contributed by atoms with Gasteiger partial charge in [-0.05, 0) is 76.0 Å². The first kappa shape index (κ1) is 23.3. The maximum atomic E-state index is 14.5. The Hall–Kier alpha value is -2.44. The number of amides is 1. The zero-order valence-corrected chi connectivity index (χ0v) is 20.0. The van der Waals surface area contributed by atoms with Gasteiger partial charge in [-0.1, -0.05) is 36.4 Å². The summed E-state index contributed by atoms with van der Waals surface area (Å²) in [4.78, 5) is 18.2. The molecule has 0 bridgehead atoms. The number of nitrogens with zero attached hydrogens (tertiary/aromatic N) is 2. The van der Waals surface area contributed by atoms with Crippen molar-refractivity contribution in [2.75, 3.05) is 39.8 Å². The van der Waals surface area contributed by atoms with Crippen molar-refractivity contribution in [2.45, 2.75) is 50.2 Å². The first-order valence-corrected chi connectivity index (χ1v) is 12.5. The highest BCUT2D eigenvalue weighted by molar-refractivity contribution is 5.83. The summed E-state index contributed by atoms with van der Waals surface area (Å²) in [6.45, 7) is 3.68. The molecule has 3 fully saturated rings. The molecular formula is C28H35FN2O3. The van der Waals surface area contributed by atoms with Crippen molar-refractivity contribution in [3.05, 3.63) is 66.0 Å². The third kappa shape index (κ3) is 4.84. The highest BCUT2D eigenvalue weighted by Crippen LogP contribution is 2.41. The summed E-state index contributed by atoms with van der Waals surface area (Å²) < 4.78 is 26.9. The number of benzene rings is 2. The van der Waals surface area contributed by atoms with Crippen LogP contribution in [0.5, 0.6) is 5.75 Å². The van der Waals surface area contributed by atoms with E-state index in [1.807, 2.05) is 47.4 Å². The maximum absolute atomic E-state index is 14.5. The van der Waals surface area contributed by atoms with Crippen LogP contribution in [0.4, 0.5) is 4.39 Å². The maximum Gasteiger partial charge on any atom is 0.229 e. The van der Waals surface area contributed by atoms with Gasteiger partial charge in [0.2, 0.25) is 5.91 Å². The molecule has 3 heterocycles. The Balaban J connectivity index is 1.24. The van der Waals surface area contributed by atoms with E-state index in [2.05, 4.69) is 11.9 Å². The Morgan fingerprint density at radius 1 is 1.00 bits per heavy atom. The minimum absolute atomic E-state index is 0.0472. The normalized spacial score (nSPS) is 24.3. The molecule has 0 radical (unpaired) electrons. The Labute approximate surface area is 201 Å². The molecule has 3 saturated heterocycles. The minimum atomic E-state index is -0.533. The summed E-state index contributed by atoms with van der Waals surface area (Å²) in [5, 5.41) is 0. The van der Waals surface area contributed by atoms with Crippen molar-refractivity contribution in [3.8, 4) is 5.75 Å². The lowest BCUT2D eigenvalue weighted by Gasteiger charge is -2.45. The summed E-state index contributed by atoms with van der Waals surface area (Å²) in [6.07, 6.45) is 4.55. The van der Waals surface area contributed by atoms with Crippen molar-refractivity contribution < 1.29 is 18.7 Å². The molecular weight excluding hydrogens is 431 g/mol. The number of hydrogen-bond donors (Lipinski definition) is 0. The van der Waals surface area contributed by atoms with Crippen molar-refractivity contribution in [1.82, 2.24) is 9.80 Å². The minimum Gasteiger partial charge on any atom is -0.488 e. The molecule has 5 rings (SSSR count). The second-order valence-corrected chi connectivity index (χ2v) is 10.4. The summed E-state index contributed by atoms with van der Waals surface area (Å²) in [5.74, 6) is 0.849. The highest BCUT2D eigenvalue weighted by atomic mass is 19.1. The van der Waals surface area contributed by atoms with E-state index in [0.717, 1.165) is 50.9 Å². The molecule has 2 aromatic carbocycles. The smallest absolute Gasteiger partial charge is 0.229 e. The lowest BCUT2D eigenvalue weighted by atomic mass is 9.72. The number of carbonyl (C=O) groups excluding carboxylic acids is 1. The van der Waals surface area contributed by atoms with E-state index in [-0.39, 0.29) is 23.4 Å². The molecule has 1 amide bonds. The van der Waals surface area contributed by atoms with Crippen molar-refractivity contribution in [2.24, 2.45) is 5.41 Å². The van der Waals surface area contributed by atoms with Crippen molar-refractivity contribution >= 4 is 5.91 Å². The van der Waals surface area contributed by atoms with Gasteiger partial charge in [-0.25, -0.2) is 4.39 Å². The molecule has 182 valence electrons. The van der Waals surface area contributed by atoms with E-state index >= 15 is 0 Å². The molecule has 1 unspecified atom stereocenters. The summed E-state index contributed by atoms with van der Waals surface area (Å²) >= 11 is 0. The average molecular weight is 467 g/mol. The number of rotatable bonds is 5. The number of piperidine rings is 2. The highest BCUT2D eigenvalue weighted by Gasteiger charge is 2.48. The van der Waals surface area contributed by atoms with Crippen LogP contribution in [-0.2, 0) is 16.0 Å². The summed E-state index contributed by atoms with van der Waals surface area (Å²) in [6, 6.07) is 16.8. The first-order chi connectivity index (χ1) is 16.5. The molecule has 1 atom stereocenters. The Morgan fingerprint density at radius 2 is 1.68 bits per heavy atom. The van der Waals surface area contributed by atoms with E-state index in [0.29, 0.717) is 31.7 Å². The van der Waals surface area contributed by atoms with Crippen LogP contribution in [0, 0.1) is 11.2 Å². The van der Waals surface area contributed by atoms with Crippen LogP contribution >= 0.6 is 0 Å². The van der Waals surface area contributed by atoms with E-state index in [4.69, 9.17) is 9.47 Å². The monoisotopic (exact) mass is 466 g/mol. The number of halogens is 1. The van der Waals surface area contributed by atoms with E-state index in [1.54, 1.807) is 6.07 Å². The Kier molecular flexibility index (Phi) is 6.63. The number of carbonyl (C=O) groups is 1. The van der Waals surface area contributed by atoms with E-state index in [1.165, 1.54) is 6.07 Å². The molecule has 5 nitrogen and oxygen atoms in total. The fraction of sp³-hybridized carbons (Fsp3) is 0.536. The molecule has 34 heavy (non-hydrogen) atoms. The lowest BCUT2D eigenvalue weighted by Crippen LogP contribution is -2.54. The third-order valence-corrected chi connectivity index (χ3v) is 8.07. The van der Waals surface area contributed by atoms with Gasteiger partial charge in [-0.3, -0.25) is 4.79 Å². The summed E-state index contributed by atoms with van der Waals surface area (Å²) in [7, 11) is 2.09. The van der Waals surface area contributed by atoms with Gasteiger partial charge in [-0.2, -0.15) is 0 Å². The molecule has 2 aromatic rings. The van der Waals surface area contributed by atoms with Crippen molar-refractivity contribution in [1.29, 1.82) is 0 Å². The topological polar surface area (TPSA) is 42.0 Å². The molecule has 0 aromatic heterocycles. The van der Waals surface area contributed by atoms with Crippen LogP contribution in [0.2, 0.25) is 0 Å². The quantitative estimate of drug-likeness (QED) is 0.659. The number of hydrogen-bond acceptors (Lipinski definition) is 4. The molecule has 3 aliphatic rings. The van der Waals surface area contributed by atoms with Gasteiger partial charge in [0.05, 0.1) is 17.6 Å². The van der Waals surface area contributed by atoms with Crippen LogP contribution < -0.4 is 4.74 Å². The predicted octanol–water partition coefficient (Wildman–Crippen LogP) is 4.31. The molecule has 0 N–H and O–H groups in total. The molecule has 0 aliphatic carbocycles. The first-order valence-electron chi connectivity index (χ1n) is 12.5. The van der Waals surface area contributed by atoms with Crippen LogP contribution in [0.15, 0.2) is 54.6 Å². The fourth-order valence-electron chi connectivity index (χ4n) is 5.89. The van der Waals surface area contributed by atoms with Crippen LogP contribution in [0.25, 0.3) is 0 Å². The third-order valence-electron chi connectivity index (χ3n) is 8.07. The van der Waals surface area contributed by atoms with E-state index < -0.39 is 5.41 Å². The Morgan fingerprint density at radius 3 is 2.38 bits per heavy atom. The molecule has 3 aliphatic heterocycles. The largest absolute Gasteiger partial charge is 0.488 e. The van der Waals surface area contributed by atoms with Gasteiger partial charge >= 0.3 is 0 Å². The van der Waals surface area contributed by atoms with Gasteiger partial charge in [-0.15, -0.1) is 0 Å². The van der Waals surface area contributed by atoms with E-state index in [9.17, 15) is 9.18 Å². The lowest BCUT2D eigenvalue weighted by molar-refractivity contribution is -0.149. The Bertz CT molecular complexity index is 982. The molecule has 0 saturated carbocycles. The zero-order chi connectivity index (χ0) is 23.6. The second-order valence-electron chi connectivity index (χ2n) is 10.4. The molecule has 1 spiro atoms. The predicted molar refractivity (Wildman–Crippen MR) is 129 cm³/mol. The number of para-hydroxylation sites is 1. The van der Waals surface area contributed by atoms with Gasteiger partial charge < -0.3 is 19.3 Å². The van der Waals surface area contributed by atoms with Crippen LogP contribution in [0.1, 0.15) is 37.7 Å². The molecule has 6 heteroatoms. The van der Waals surface area contributed by atoms with Gasteiger partial charge in [0, 0.05) is 19.5 Å². The number of likely N-dealkylation sites (tertiary alicyclic amines) is 2. The average Bonchev–Trinajstić information content (AvgIpc) is 3.24. The second kappa shape index (κ2) is 9.67. The standard InChI is InChI=1S/C28H35FN2O3/c1-30-15-11-27(12-16-30,19-22-7-5-6-10-25(22)29)26(32)31-17-13-28(14-18-31)20-24(21-33-28)34-23-8-3-2-4-9-23/h2-10,24H,11-21H2,1H3. The SMILES string of the molecule is CN1CCC(Cc2ccccc2F)(C(=O)N2CCC3(CC2)CC(Oc2ccccc2)CO3)CC1. The van der Waals surface area contributed by atoms with Gasteiger partial charge in [0.25, 0.3) is 0 Å². The van der Waals surface area contributed by atoms with Crippen LogP contribution in [0.3, 0.4) is 0 Å². The fourth-order valence-corrected chi connectivity index (χ4v) is 5.89. The summed E-state index contributed by atoms with van der Waals surface area (Å²) in [5.41, 5.74) is -0.0925.